The van der Waals surface area contributed by atoms with Gasteiger partial charge in [-0.25, -0.2) is 0 Å². The van der Waals surface area contributed by atoms with Crippen LogP contribution in [0.1, 0.15) is 40.2 Å². The molecular formula is C23H26N2O5. The summed E-state index contributed by atoms with van der Waals surface area (Å²) in [7, 11) is 0. The molecule has 158 valence electrons. The van der Waals surface area contributed by atoms with Gasteiger partial charge in [0.1, 0.15) is 23.7 Å². The fraction of sp³-hybridized carbons (Fsp3) is 0.391. The van der Waals surface area contributed by atoms with Gasteiger partial charge in [0.05, 0.1) is 17.7 Å². The largest absolute Gasteiger partial charge is 0.489 e. The van der Waals surface area contributed by atoms with Gasteiger partial charge in [-0.1, -0.05) is 6.07 Å². The molecule has 3 heterocycles. The second kappa shape index (κ2) is 8.45. The summed E-state index contributed by atoms with van der Waals surface area (Å²) < 4.78 is 17.1. The van der Waals surface area contributed by atoms with Crippen LogP contribution in [0.25, 0.3) is 11.0 Å². The number of aliphatic hydroxyl groups excluding tert-OH is 1. The van der Waals surface area contributed by atoms with Gasteiger partial charge in [0.25, 0.3) is 5.91 Å². The summed E-state index contributed by atoms with van der Waals surface area (Å²) in [6.07, 6.45) is 2.93. The minimum atomic E-state index is -0.669. The zero-order valence-corrected chi connectivity index (χ0v) is 17.2. The van der Waals surface area contributed by atoms with E-state index in [-0.39, 0.29) is 12.5 Å². The zero-order chi connectivity index (χ0) is 21.1. The number of amides is 1. The van der Waals surface area contributed by atoms with E-state index >= 15 is 0 Å². The number of furan rings is 1. The van der Waals surface area contributed by atoms with Crippen molar-refractivity contribution in [2.45, 2.75) is 38.8 Å². The molecule has 2 N–H and O–H groups in total. The maximum Gasteiger partial charge on any atom is 0.255 e. The minimum Gasteiger partial charge on any atom is -0.489 e. The summed E-state index contributed by atoms with van der Waals surface area (Å²) in [6.45, 7) is 4.98. The monoisotopic (exact) mass is 410 g/mol. The molecule has 0 radical (unpaired) electrons. The van der Waals surface area contributed by atoms with Crippen LogP contribution in [-0.2, 0) is 11.3 Å². The zero-order valence-electron chi connectivity index (χ0n) is 17.2. The smallest absolute Gasteiger partial charge is 0.255 e. The van der Waals surface area contributed by atoms with Crippen molar-refractivity contribution in [2.75, 3.05) is 19.8 Å². The van der Waals surface area contributed by atoms with E-state index in [1.54, 1.807) is 19.2 Å². The van der Waals surface area contributed by atoms with Crippen molar-refractivity contribution in [3.8, 4) is 5.75 Å². The highest BCUT2D eigenvalue weighted by molar-refractivity contribution is 6.07. The molecule has 1 saturated heterocycles. The summed E-state index contributed by atoms with van der Waals surface area (Å²) in [5.74, 6) is 0.908. The first-order valence-corrected chi connectivity index (χ1v) is 10.1. The number of benzene rings is 1. The molecule has 0 bridgehead atoms. The van der Waals surface area contributed by atoms with E-state index in [2.05, 4.69) is 10.3 Å². The molecule has 1 aromatic carbocycles. The predicted octanol–water partition coefficient (Wildman–Crippen LogP) is 3.29. The van der Waals surface area contributed by atoms with Crippen LogP contribution in [0, 0.1) is 13.8 Å². The van der Waals surface area contributed by atoms with Crippen molar-refractivity contribution < 1.29 is 23.8 Å². The number of fused-ring (bicyclic) bond motifs is 1. The van der Waals surface area contributed by atoms with Crippen LogP contribution in [0.3, 0.4) is 0 Å². The Morgan fingerprint density at radius 1 is 1.23 bits per heavy atom. The number of carbonyl (C=O) groups excluding carboxylic acids is 1. The highest BCUT2D eigenvalue weighted by atomic mass is 16.5. The third kappa shape index (κ3) is 4.17. The van der Waals surface area contributed by atoms with E-state index in [9.17, 15) is 9.90 Å². The maximum absolute atomic E-state index is 13.1. The molecule has 0 saturated carbocycles. The Kier molecular flexibility index (Phi) is 5.74. The van der Waals surface area contributed by atoms with Gasteiger partial charge < -0.3 is 24.3 Å². The van der Waals surface area contributed by atoms with Gasteiger partial charge in [-0.3, -0.25) is 9.78 Å². The lowest BCUT2D eigenvalue weighted by Crippen LogP contribution is -2.54. The standard InChI is InChI=1S/C23H26N2O5/c1-15-3-4-17(12-24-15)13-29-18-5-6-20-19(11-18)21(16(2)30-20)22(27)25-23(14-26)7-9-28-10-8-23/h3-6,11-12,26H,7-10,13-14H2,1-2H3,(H,25,27). The molecule has 1 fully saturated rings. The van der Waals surface area contributed by atoms with Crippen molar-refractivity contribution in [1.29, 1.82) is 0 Å². The van der Waals surface area contributed by atoms with E-state index in [0.29, 0.717) is 60.7 Å². The first kappa shape index (κ1) is 20.4. The molecule has 1 aliphatic heterocycles. The van der Waals surface area contributed by atoms with Gasteiger partial charge in [-0.2, -0.15) is 0 Å². The number of ether oxygens (including phenoxy) is 2. The second-order valence-corrected chi connectivity index (χ2v) is 7.79. The molecule has 0 aliphatic carbocycles. The number of pyridine rings is 1. The molecule has 2 aromatic heterocycles. The Morgan fingerprint density at radius 3 is 2.73 bits per heavy atom. The summed E-state index contributed by atoms with van der Waals surface area (Å²) in [4.78, 5) is 17.4. The number of rotatable bonds is 6. The van der Waals surface area contributed by atoms with E-state index < -0.39 is 5.54 Å². The Bertz CT molecular complexity index is 1040. The van der Waals surface area contributed by atoms with Crippen molar-refractivity contribution in [1.82, 2.24) is 10.3 Å². The van der Waals surface area contributed by atoms with Crippen LogP contribution in [0.15, 0.2) is 40.9 Å². The topological polar surface area (TPSA) is 93.8 Å². The normalized spacial score (nSPS) is 15.8. The van der Waals surface area contributed by atoms with Gasteiger partial charge in [0.15, 0.2) is 0 Å². The van der Waals surface area contributed by atoms with E-state index in [4.69, 9.17) is 13.9 Å². The van der Waals surface area contributed by atoms with E-state index in [0.717, 1.165) is 11.3 Å². The Labute approximate surface area is 175 Å². The minimum absolute atomic E-state index is 0.129. The van der Waals surface area contributed by atoms with Gasteiger partial charge in [0.2, 0.25) is 0 Å². The van der Waals surface area contributed by atoms with Crippen LogP contribution < -0.4 is 10.1 Å². The first-order chi connectivity index (χ1) is 14.5. The molecule has 3 aromatic rings. The molecule has 0 spiro atoms. The lowest BCUT2D eigenvalue weighted by Gasteiger charge is -2.36. The number of aromatic nitrogens is 1. The summed E-state index contributed by atoms with van der Waals surface area (Å²) >= 11 is 0. The molecule has 1 amide bonds. The molecule has 4 rings (SSSR count). The quantitative estimate of drug-likeness (QED) is 0.648. The average molecular weight is 410 g/mol. The molecule has 30 heavy (non-hydrogen) atoms. The Hall–Kier alpha value is -2.90. The van der Waals surface area contributed by atoms with Gasteiger partial charge >= 0.3 is 0 Å². The SMILES string of the molecule is Cc1ccc(COc2ccc3oc(C)c(C(=O)NC4(CO)CCOCC4)c3c2)cn1. The van der Waals surface area contributed by atoms with Crippen LogP contribution in [0.4, 0.5) is 0 Å². The van der Waals surface area contributed by atoms with Crippen LogP contribution in [0.5, 0.6) is 5.75 Å². The van der Waals surface area contributed by atoms with Crippen LogP contribution >= 0.6 is 0 Å². The number of hydrogen-bond acceptors (Lipinski definition) is 6. The van der Waals surface area contributed by atoms with E-state index in [1.807, 2.05) is 31.2 Å². The number of nitrogens with zero attached hydrogens (tertiary/aromatic N) is 1. The summed E-state index contributed by atoms with van der Waals surface area (Å²) in [5.41, 5.74) is 2.33. The molecular weight excluding hydrogens is 384 g/mol. The maximum atomic E-state index is 13.1. The third-order valence-electron chi connectivity index (χ3n) is 5.57. The van der Waals surface area contributed by atoms with Crippen LogP contribution in [-0.4, -0.2) is 41.4 Å². The van der Waals surface area contributed by atoms with Gasteiger partial charge in [-0.15, -0.1) is 0 Å². The van der Waals surface area contributed by atoms with Crippen molar-refractivity contribution in [2.24, 2.45) is 0 Å². The highest BCUT2D eigenvalue weighted by Crippen LogP contribution is 2.30. The number of carbonyl (C=O) groups is 1. The highest BCUT2D eigenvalue weighted by Gasteiger charge is 2.35. The lowest BCUT2D eigenvalue weighted by atomic mass is 9.90. The molecule has 7 heteroatoms. The van der Waals surface area contributed by atoms with Crippen molar-refractivity contribution >= 4 is 16.9 Å². The number of aliphatic hydroxyl groups is 1. The average Bonchev–Trinajstić information content (AvgIpc) is 3.09. The predicted molar refractivity (Wildman–Crippen MR) is 112 cm³/mol. The second-order valence-electron chi connectivity index (χ2n) is 7.79. The molecule has 1 aliphatic rings. The lowest BCUT2D eigenvalue weighted by molar-refractivity contribution is 0.0125. The van der Waals surface area contributed by atoms with Crippen molar-refractivity contribution in [3.63, 3.8) is 0 Å². The number of nitrogens with one attached hydrogen (secondary N) is 1. The summed E-state index contributed by atoms with van der Waals surface area (Å²) in [5, 5.41) is 13.6. The molecule has 7 nitrogen and oxygen atoms in total. The summed E-state index contributed by atoms with van der Waals surface area (Å²) in [6, 6.07) is 9.36. The fourth-order valence-electron chi connectivity index (χ4n) is 3.71. The Balaban J connectivity index is 1.56. The number of hydrogen-bond donors (Lipinski definition) is 2. The van der Waals surface area contributed by atoms with Crippen molar-refractivity contribution in [3.05, 3.63) is 59.1 Å². The molecule has 0 unspecified atom stereocenters. The van der Waals surface area contributed by atoms with Gasteiger partial charge in [-0.05, 0) is 51.0 Å². The third-order valence-corrected chi connectivity index (χ3v) is 5.57. The number of aryl methyl sites for hydroxylation is 2. The molecule has 0 atom stereocenters. The van der Waals surface area contributed by atoms with Crippen LogP contribution in [0.2, 0.25) is 0 Å². The Morgan fingerprint density at radius 2 is 2.03 bits per heavy atom. The van der Waals surface area contributed by atoms with Gasteiger partial charge in [0, 0.05) is 36.1 Å². The van der Waals surface area contributed by atoms with E-state index in [1.165, 1.54) is 0 Å². The first-order valence-electron chi connectivity index (χ1n) is 10.1. The fourth-order valence-corrected chi connectivity index (χ4v) is 3.71.